The SMILES string of the molecule is c1ccc(-c2cc3sc(-n4c5ccccc5c5c6sc7ccccc7c6ccc54)nc3c3c2sc2ccccc23)cc1. The van der Waals surface area contributed by atoms with Gasteiger partial charge in [-0.2, -0.15) is 0 Å². The van der Waals surface area contributed by atoms with Crippen molar-refractivity contribution in [3.05, 3.63) is 121 Å². The first kappa shape index (κ1) is 23.1. The molecule has 4 heterocycles. The molecule has 0 aliphatic rings. The molecule has 5 heteroatoms. The van der Waals surface area contributed by atoms with E-state index >= 15 is 0 Å². The van der Waals surface area contributed by atoms with Crippen molar-refractivity contribution >= 4 is 106 Å². The summed E-state index contributed by atoms with van der Waals surface area (Å²) in [6.45, 7) is 0. The highest BCUT2D eigenvalue weighted by molar-refractivity contribution is 7.27. The van der Waals surface area contributed by atoms with Crippen molar-refractivity contribution in [1.82, 2.24) is 9.55 Å². The Balaban J connectivity index is 1.34. The van der Waals surface area contributed by atoms with Gasteiger partial charge in [-0.05, 0) is 35.9 Å². The van der Waals surface area contributed by atoms with Crippen LogP contribution in [-0.4, -0.2) is 9.55 Å². The lowest BCUT2D eigenvalue weighted by Gasteiger charge is -2.04. The Bertz CT molecular complexity index is 2690. The molecule has 0 saturated carbocycles. The van der Waals surface area contributed by atoms with Crippen molar-refractivity contribution in [3.63, 3.8) is 0 Å². The van der Waals surface area contributed by atoms with E-state index in [4.69, 9.17) is 4.98 Å². The highest BCUT2D eigenvalue weighted by atomic mass is 32.1. The van der Waals surface area contributed by atoms with Crippen molar-refractivity contribution in [3.8, 4) is 16.3 Å². The van der Waals surface area contributed by atoms with Gasteiger partial charge in [0.05, 0.1) is 21.3 Å². The summed E-state index contributed by atoms with van der Waals surface area (Å²) in [7, 11) is 0. The maximum atomic E-state index is 5.46. The van der Waals surface area contributed by atoms with Gasteiger partial charge >= 0.3 is 0 Å². The molecule has 0 N–H and O–H groups in total. The maximum Gasteiger partial charge on any atom is 0.195 e. The van der Waals surface area contributed by atoms with Crippen LogP contribution in [0.2, 0.25) is 0 Å². The number of fused-ring (bicyclic) bond motifs is 12. The molecule has 0 atom stereocenters. The minimum atomic E-state index is 1.01. The van der Waals surface area contributed by atoms with Crippen LogP contribution in [0, 0.1) is 0 Å². The van der Waals surface area contributed by atoms with Crippen molar-refractivity contribution in [2.24, 2.45) is 0 Å². The average molecular weight is 589 g/mol. The molecular formula is C37H20N2S3. The Labute approximate surface area is 252 Å². The number of aromatic nitrogens is 2. The van der Waals surface area contributed by atoms with Gasteiger partial charge in [-0.15, -0.1) is 22.7 Å². The summed E-state index contributed by atoms with van der Waals surface area (Å²) in [6.07, 6.45) is 0. The van der Waals surface area contributed by atoms with E-state index in [1.54, 1.807) is 11.3 Å². The molecule has 0 unspecified atom stereocenters. The Morgan fingerprint density at radius 3 is 2.02 bits per heavy atom. The number of rotatable bonds is 2. The van der Waals surface area contributed by atoms with E-state index in [0.717, 1.165) is 10.6 Å². The van der Waals surface area contributed by atoms with Gasteiger partial charge in [0.15, 0.2) is 5.13 Å². The average Bonchev–Trinajstić information content (AvgIpc) is 3.80. The Kier molecular flexibility index (Phi) is 4.66. The lowest BCUT2D eigenvalue weighted by molar-refractivity contribution is 1.15. The second-order valence-corrected chi connectivity index (χ2v) is 13.8. The molecule has 6 aromatic carbocycles. The number of nitrogens with zero attached hydrogens (tertiary/aromatic N) is 2. The topological polar surface area (TPSA) is 17.8 Å². The molecule has 0 amide bonds. The van der Waals surface area contributed by atoms with Crippen LogP contribution in [-0.2, 0) is 0 Å². The number of thiophene rings is 2. The van der Waals surface area contributed by atoms with E-state index in [0.29, 0.717) is 0 Å². The molecule has 0 spiro atoms. The van der Waals surface area contributed by atoms with Crippen LogP contribution >= 0.6 is 34.0 Å². The predicted molar refractivity (Wildman–Crippen MR) is 185 cm³/mol. The summed E-state index contributed by atoms with van der Waals surface area (Å²) < 4.78 is 8.90. The van der Waals surface area contributed by atoms with Crippen LogP contribution in [0.4, 0.5) is 0 Å². The standard InChI is InChI=1S/C37H20N2S3/c1-2-10-21(11-3-1)26-20-31-34(33-25-14-6-9-17-30(25)41-36(26)33)38-37(42-31)39-27-15-7-4-13-24(27)32-28(39)19-18-23-22-12-5-8-16-29(22)40-35(23)32/h1-20H. The Hall–Kier alpha value is -4.55. The smallest absolute Gasteiger partial charge is 0.195 e. The van der Waals surface area contributed by atoms with Gasteiger partial charge in [-0.25, -0.2) is 4.98 Å². The third-order valence-corrected chi connectivity index (χ3v) is 11.8. The van der Waals surface area contributed by atoms with Crippen LogP contribution in [0.3, 0.4) is 0 Å². The lowest BCUT2D eigenvalue weighted by Crippen LogP contribution is -1.92. The summed E-state index contributed by atoms with van der Waals surface area (Å²) in [4.78, 5) is 5.46. The quantitative estimate of drug-likeness (QED) is 0.196. The fourth-order valence-corrected chi connectivity index (χ4v) is 10.2. The highest BCUT2D eigenvalue weighted by Gasteiger charge is 2.22. The second-order valence-electron chi connectivity index (χ2n) is 10.7. The maximum absolute atomic E-state index is 5.46. The lowest BCUT2D eigenvalue weighted by atomic mass is 10.0. The zero-order chi connectivity index (χ0) is 27.4. The van der Waals surface area contributed by atoms with Gasteiger partial charge in [-0.1, -0.05) is 102 Å². The number of para-hydroxylation sites is 1. The Morgan fingerprint density at radius 2 is 1.17 bits per heavy atom. The summed E-state index contributed by atoms with van der Waals surface area (Å²) in [5.41, 5.74) is 6.03. The molecule has 10 rings (SSSR count). The van der Waals surface area contributed by atoms with Crippen LogP contribution in [0.25, 0.3) is 88.6 Å². The number of thiazole rings is 1. The second kappa shape index (κ2) is 8.49. The molecule has 0 bridgehead atoms. The first-order valence-electron chi connectivity index (χ1n) is 14.0. The van der Waals surface area contributed by atoms with Crippen LogP contribution < -0.4 is 0 Å². The third-order valence-electron chi connectivity index (χ3n) is 8.45. The molecule has 0 fully saturated rings. The normalized spacial score (nSPS) is 12.3. The molecule has 0 aliphatic heterocycles. The van der Waals surface area contributed by atoms with Crippen LogP contribution in [0.1, 0.15) is 0 Å². The number of hydrogen-bond donors (Lipinski definition) is 0. The number of hydrogen-bond acceptors (Lipinski definition) is 4. The largest absolute Gasteiger partial charge is 0.285 e. The van der Waals surface area contributed by atoms with Crippen molar-refractivity contribution in [2.75, 3.05) is 0 Å². The van der Waals surface area contributed by atoms with E-state index in [-0.39, 0.29) is 0 Å². The van der Waals surface area contributed by atoms with Gasteiger partial charge in [0, 0.05) is 56.7 Å². The summed E-state index contributed by atoms with van der Waals surface area (Å²) in [5, 5.41) is 8.82. The first-order chi connectivity index (χ1) is 20.8. The zero-order valence-electron chi connectivity index (χ0n) is 22.2. The van der Waals surface area contributed by atoms with Crippen molar-refractivity contribution in [1.29, 1.82) is 0 Å². The molecule has 0 radical (unpaired) electrons. The highest BCUT2D eigenvalue weighted by Crippen LogP contribution is 2.47. The summed E-state index contributed by atoms with van der Waals surface area (Å²) in [6, 6.07) is 44.1. The van der Waals surface area contributed by atoms with E-state index in [9.17, 15) is 0 Å². The molecule has 0 aliphatic carbocycles. The van der Waals surface area contributed by atoms with Gasteiger partial charge in [-0.3, -0.25) is 4.57 Å². The van der Waals surface area contributed by atoms with E-state index in [1.807, 2.05) is 22.7 Å². The Morgan fingerprint density at radius 1 is 0.476 bits per heavy atom. The van der Waals surface area contributed by atoms with Gasteiger partial charge in [0.25, 0.3) is 0 Å². The van der Waals surface area contributed by atoms with Gasteiger partial charge in [0.2, 0.25) is 0 Å². The van der Waals surface area contributed by atoms with Crippen LogP contribution in [0.5, 0.6) is 0 Å². The molecule has 10 aromatic rings. The molecule has 4 aromatic heterocycles. The molecule has 2 nitrogen and oxygen atoms in total. The van der Waals surface area contributed by atoms with Crippen molar-refractivity contribution in [2.45, 2.75) is 0 Å². The monoisotopic (exact) mass is 588 g/mol. The molecule has 0 saturated heterocycles. The van der Waals surface area contributed by atoms with Crippen molar-refractivity contribution < 1.29 is 0 Å². The minimum absolute atomic E-state index is 1.01. The minimum Gasteiger partial charge on any atom is -0.285 e. The van der Waals surface area contributed by atoms with E-state index in [1.165, 1.54) is 78.0 Å². The van der Waals surface area contributed by atoms with Crippen LogP contribution in [0.15, 0.2) is 121 Å². The van der Waals surface area contributed by atoms with Gasteiger partial charge < -0.3 is 0 Å². The molecule has 196 valence electrons. The third kappa shape index (κ3) is 3.05. The van der Waals surface area contributed by atoms with E-state index in [2.05, 4.69) is 126 Å². The van der Waals surface area contributed by atoms with Gasteiger partial charge in [0.1, 0.15) is 0 Å². The first-order valence-corrected chi connectivity index (χ1v) is 16.4. The zero-order valence-corrected chi connectivity index (χ0v) is 24.6. The fourth-order valence-electron chi connectivity index (χ4n) is 6.63. The summed E-state index contributed by atoms with van der Waals surface area (Å²) >= 11 is 5.56. The predicted octanol–water partition coefficient (Wildman–Crippen LogP) is 11.8. The fraction of sp³-hybridized carbons (Fsp3) is 0. The number of benzene rings is 6. The van der Waals surface area contributed by atoms with E-state index < -0.39 is 0 Å². The molecular weight excluding hydrogens is 569 g/mol. The summed E-state index contributed by atoms with van der Waals surface area (Å²) in [5.74, 6) is 0. The molecule has 42 heavy (non-hydrogen) atoms.